The Morgan fingerprint density at radius 3 is 1.47 bits per heavy atom. The molecule has 0 aliphatic rings. The zero-order valence-corrected chi connectivity index (χ0v) is 32.5. The molecule has 0 N–H and O–H groups in total. The second-order valence-corrected chi connectivity index (χ2v) is 16.0. The Kier molecular flexibility index (Phi) is 8.42. The third-order valence-corrected chi connectivity index (χ3v) is 12.6. The van der Waals surface area contributed by atoms with Crippen molar-refractivity contribution in [2.75, 3.05) is 4.90 Å². The molecule has 11 rings (SSSR count). The van der Waals surface area contributed by atoms with Crippen molar-refractivity contribution in [3.05, 3.63) is 224 Å². The second-order valence-electron chi connectivity index (χ2n) is 14.9. The Balaban J connectivity index is 0.885. The molecule has 0 aliphatic carbocycles. The van der Waals surface area contributed by atoms with Gasteiger partial charge in [-0.25, -0.2) is 0 Å². The zero-order valence-electron chi connectivity index (χ0n) is 31.7. The number of anilines is 3. The number of benzene rings is 10. The minimum Gasteiger partial charge on any atom is -0.310 e. The van der Waals surface area contributed by atoms with Crippen LogP contribution in [0.3, 0.4) is 0 Å². The van der Waals surface area contributed by atoms with Crippen molar-refractivity contribution in [2.45, 2.75) is 0 Å². The van der Waals surface area contributed by atoms with Gasteiger partial charge in [0.2, 0.25) is 0 Å². The highest BCUT2D eigenvalue weighted by atomic mass is 32.1. The van der Waals surface area contributed by atoms with E-state index < -0.39 is 0 Å². The lowest BCUT2D eigenvalue weighted by atomic mass is 9.95. The summed E-state index contributed by atoms with van der Waals surface area (Å²) in [5, 5.41) is 7.63. The molecule has 0 bridgehead atoms. The Morgan fingerprint density at radius 2 is 0.741 bits per heavy atom. The van der Waals surface area contributed by atoms with Crippen LogP contribution in [0.5, 0.6) is 0 Å². The normalized spacial score (nSPS) is 11.4. The first-order chi connectivity index (χ1) is 28.7. The van der Waals surface area contributed by atoms with Crippen molar-refractivity contribution >= 4 is 70.1 Å². The number of rotatable bonds is 7. The summed E-state index contributed by atoms with van der Waals surface area (Å²) in [6.45, 7) is 0. The topological polar surface area (TPSA) is 3.24 Å². The van der Waals surface area contributed by atoms with E-state index in [9.17, 15) is 0 Å². The van der Waals surface area contributed by atoms with Gasteiger partial charge >= 0.3 is 0 Å². The fraction of sp³-hybridized carbons (Fsp3) is 0. The van der Waals surface area contributed by atoms with Crippen molar-refractivity contribution in [3.8, 4) is 44.5 Å². The van der Waals surface area contributed by atoms with Crippen LogP contribution >= 0.6 is 11.3 Å². The van der Waals surface area contributed by atoms with E-state index in [2.05, 4.69) is 229 Å². The van der Waals surface area contributed by atoms with E-state index in [0.717, 1.165) is 11.4 Å². The number of thiophene rings is 1. The first kappa shape index (κ1) is 34.0. The van der Waals surface area contributed by atoms with Gasteiger partial charge in [0.1, 0.15) is 0 Å². The quantitative estimate of drug-likeness (QED) is 0.157. The zero-order chi connectivity index (χ0) is 38.4. The molecule has 1 aromatic heterocycles. The highest BCUT2D eigenvalue weighted by Gasteiger charge is 2.16. The number of nitrogens with zero attached hydrogens (tertiary/aromatic N) is 1. The fourth-order valence-electron chi connectivity index (χ4n) is 8.55. The molecule has 58 heavy (non-hydrogen) atoms. The largest absolute Gasteiger partial charge is 0.310 e. The number of fused-ring (bicyclic) bond motifs is 5. The van der Waals surface area contributed by atoms with Gasteiger partial charge < -0.3 is 4.90 Å². The number of hydrogen-bond donors (Lipinski definition) is 0. The van der Waals surface area contributed by atoms with Crippen LogP contribution in [0.2, 0.25) is 0 Å². The van der Waals surface area contributed by atoms with Crippen LogP contribution in [-0.2, 0) is 0 Å². The standard InChI is InChI=1S/C56H37NS/c1-2-17-47(18-3-1)57(54-22-10-14-42-12-5-7-20-51(42)54)48-31-27-39(28-32-48)38-23-25-40(26-24-38)43-15-8-16-44(35-43)45-29-33-55-52(36-45)53-37-46(30-34-56(53)58-55)50-21-9-13-41-11-4-6-19-49(41)50/h1-37H. The molecule has 0 radical (unpaired) electrons. The third kappa shape index (κ3) is 6.12. The molecule has 1 nitrogen and oxygen atoms in total. The summed E-state index contributed by atoms with van der Waals surface area (Å²) in [5.41, 5.74) is 13.2. The Bertz CT molecular complexity index is 3260. The maximum absolute atomic E-state index is 2.38. The van der Waals surface area contributed by atoms with Gasteiger partial charge in [-0.05, 0) is 121 Å². The van der Waals surface area contributed by atoms with Crippen molar-refractivity contribution in [1.82, 2.24) is 0 Å². The van der Waals surface area contributed by atoms with Crippen molar-refractivity contribution in [3.63, 3.8) is 0 Å². The van der Waals surface area contributed by atoms with Gasteiger partial charge in [-0.1, -0.05) is 164 Å². The molecule has 0 aliphatic heterocycles. The van der Waals surface area contributed by atoms with Gasteiger partial charge in [-0.15, -0.1) is 11.3 Å². The van der Waals surface area contributed by atoms with Crippen LogP contribution in [0.15, 0.2) is 224 Å². The van der Waals surface area contributed by atoms with Crippen molar-refractivity contribution < 1.29 is 0 Å². The molecule has 2 heteroatoms. The molecular weight excluding hydrogens is 719 g/mol. The lowest BCUT2D eigenvalue weighted by Crippen LogP contribution is -2.10. The molecule has 0 atom stereocenters. The first-order valence-corrected chi connectivity index (χ1v) is 20.6. The molecule has 0 spiro atoms. The van der Waals surface area contributed by atoms with E-state index in [-0.39, 0.29) is 0 Å². The molecule has 0 unspecified atom stereocenters. The van der Waals surface area contributed by atoms with E-state index in [4.69, 9.17) is 0 Å². The van der Waals surface area contributed by atoms with E-state index >= 15 is 0 Å². The molecule has 0 saturated carbocycles. The molecule has 272 valence electrons. The lowest BCUT2D eigenvalue weighted by Gasteiger charge is -2.27. The van der Waals surface area contributed by atoms with Gasteiger partial charge in [0.15, 0.2) is 0 Å². The smallest absolute Gasteiger partial charge is 0.0540 e. The Morgan fingerprint density at radius 1 is 0.276 bits per heavy atom. The Labute approximate surface area is 342 Å². The highest BCUT2D eigenvalue weighted by Crippen LogP contribution is 2.42. The van der Waals surface area contributed by atoms with E-state index in [1.54, 1.807) is 0 Å². The monoisotopic (exact) mass is 755 g/mol. The van der Waals surface area contributed by atoms with Gasteiger partial charge in [0.25, 0.3) is 0 Å². The molecule has 0 saturated heterocycles. The second kappa shape index (κ2) is 14.4. The molecule has 0 amide bonds. The molecular formula is C56H37NS. The molecule has 10 aromatic carbocycles. The van der Waals surface area contributed by atoms with Crippen LogP contribution in [0, 0.1) is 0 Å². The van der Waals surface area contributed by atoms with Crippen LogP contribution in [-0.4, -0.2) is 0 Å². The lowest BCUT2D eigenvalue weighted by molar-refractivity contribution is 1.30. The van der Waals surface area contributed by atoms with E-state index in [0.29, 0.717) is 0 Å². The maximum Gasteiger partial charge on any atom is 0.0540 e. The third-order valence-electron chi connectivity index (χ3n) is 11.5. The summed E-state index contributed by atoms with van der Waals surface area (Å²) < 4.78 is 2.63. The first-order valence-electron chi connectivity index (χ1n) is 19.8. The molecule has 11 aromatic rings. The van der Waals surface area contributed by atoms with Crippen molar-refractivity contribution in [1.29, 1.82) is 0 Å². The minimum atomic E-state index is 1.12. The SMILES string of the molecule is c1ccc(N(c2ccc(-c3ccc(-c4cccc(-c5ccc6sc7ccc(-c8cccc9ccccc89)cc7c6c5)c4)cc3)cc2)c2cccc3ccccc23)cc1. The van der Waals surface area contributed by atoms with Gasteiger partial charge in [-0.3, -0.25) is 0 Å². The van der Waals surface area contributed by atoms with Crippen molar-refractivity contribution in [2.24, 2.45) is 0 Å². The summed E-state index contributed by atoms with van der Waals surface area (Å²) in [5.74, 6) is 0. The van der Waals surface area contributed by atoms with E-state index in [1.165, 1.54) is 91.9 Å². The average Bonchev–Trinajstić information content (AvgIpc) is 3.67. The van der Waals surface area contributed by atoms with Crippen LogP contribution in [0.25, 0.3) is 86.2 Å². The molecule has 1 heterocycles. The van der Waals surface area contributed by atoms with Crippen LogP contribution in [0.1, 0.15) is 0 Å². The van der Waals surface area contributed by atoms with Gasteiger partial charge in [-0.2, -0.15) is 0 Å². The van der Waals surface area contributed by atoms with Gasteiger partial charge in [0, 0.05) is 36.9 Å². The fourth-order valence-corrected chi connectivity index (χ4v) is 9.61. The Hall–Kier alpha value is -7.26. The summed E-state index contributed by atoms with van der Waals surface area (Å²) >= 11 is 1.87. The van der Waals surface area contributed by atoms with E-state index in [1.807, 2.05) is 11.3 Å². The molecule has 0 fully saturated rings. The van der Waals surface area contributed by atoms with Crippen LogP contribution in [0.4, 0.5) is 17.1 Å². The summed E-state index contributed by atoms with van der Waals surface area (Å²) in [4.78, 5) is 2.35. The summed E-state index contributed by atoms with van der Waals surface area (Å²) in [6.07, 6.45) is 0. The van der Waals surface area contributed by atoms with Crippen LogP contribution < -0.4 is 4.90 Å². The van der Waals surface area contributed by atoms with Gasteiger partial charge in [0.05, 0.1) is 5.69 Å². The average molecular weight is 756 g/mol. The predicted octanol–water partition coefficient (Wildman–Crippen LogP) is 16.5. The minimum absolute atomic E-state index is 1.12. The predicted molar refractivity (Wildman–Crippen MR) is 251 cm³/mol. The maximum atomic E-state index is 2.38. The summed E-state index contributed by atoms with van der Waals surface area (Å²) in [6, 6.07) is 81.8. The highest BCUT2D eigenvalue weighted by molar-refractivity contribution is 7.25. The summed E-state index contributed by atoms with van der Waals surface area (Å²) in [7, 11) is 0. The number of para-hydroxylation sites is 1. The number of hydrogen-bond acceptors (Lipinski definition) is 2.